The number of nitrogens with one attached hydrogen (secondary N) is 1. The topological polar surface area (TPSA) is 12.0 Å². The second kappa shape index (κ2) is 6.31. The van der Waals surface area contributed by atoms with Crippen LogP contribution in [0, 0.1) is 12.7 Å². The van der Waals surface area contributed by atoms with Crippen molar-refractivity contribution >= 4 is 15.9 Å². The molecule has 0 aromatic heterocycles. The third-order valence-electron chi connectivity index (χ3n) is 3.22. The van der Waals surface area contributed by atoms with Crippen molar-refractivity contribution < 1.29 is 4.39 Å². The zero-order chi connectivity index (χ0) is 13.8. The Labute approximate surface area is 122 Å². The first kappa shape index (κ1) is 14.2. The lowest BCUT2D eigenvalue weighted by Crippen LogP contribution is -2.18. The maximum Gasteiger partial charge on any atom is 0.126 e. The van der Waals surface area contributed by atoms with Gasteiger partial charge in [-0.3, -0.25) is 0 Å². The average molecular weight is 322 g/mol. The van der Waals surface area contributed by atoms with Crippen molar-refractivity contribution in [3.05, 3.63) is 69.4 Å². The highest BCUT2D eigenvalue weighted by Crippen LogP contribution is 2.23. The molecule has 100 valence electrons. The Hall–Kier alpha value is -1.19. The van der Waals surface area contributed by atoms with E-state index in [4.69, 9.17) is 0 Å². The Kier molecular flexibility index (Phi) is 4.72. The molecule has 0 aliphatic heterocycles. The number of hydrogen-bond donors (Lipinski definition) is 1. The summed E-state index contributed by atoms with van der Waals surface area (Å²) < 4.78 is 14.5. The second-order valence-corrected chi connectivity index (χ2v) is 5.56. The molecule has 1 N–H and O–H groups in total. The molecule has 0 radical (unpaired) electrons. The van der Waals surface area contributed by atoms with Gasteiger partial charge in [-0.25, -0.2) is 4.39 Å². The van der Waals surface area contributed by atoms with Crippen LogP contribution in [0.25, 0.3) is 0 Å². The maximum absolute atomic E-state index is 13.5. The summed E-state index contributed by atoms with van der Waals surface area (Å²) in [5, 5.41) is 3.41. The fraction of sp³-hybridized carbons (Fsp3) is 0.250. The molecule has 0 amide bonds. The minimum atomic E-state index is -0.146. The fourth-order valence-corrected chi connectivity index (χ4v) is 2.58. The number of rotatable bonds is 4. The van der Waals surface area contributed by atoms with Crippen LogP contribution in [-0.2, 0) is 6.54 Å². The molecule has 0 fully saturated rings. The van der Waals surface area contributed by atoms with Gasteiger partial charge < -0.3 is 5.32 Å². The fourth-order valence-electron chi connectivity index (χ4n) is 1.95. The predicted octanol–water partition coefficient (Wildman–Crippen LogP) is 4.75. The van der Waals surface area contributed by atoms with Gasteiger partial charge in [-0.1, -0.05) is 46.3 Å². The van der Waals surface area contributed by atoms with E-state index in [2.05, 4.69) is 34.2 Å². The van der Waals surface area contributed by atoms with Crippen LogP contribution in [0.2, 0.25) is 0 Å². The first-order chi connectivity index (χ1) is 9.08. The molecule has 1 atom stereocenters. The van der Waals surface area contributed by atoms with Crippen molar-refractivity contribution in [1.82, 2.24) is 5.32 Å². The van der Waals surface area contributed by atoms with E-state index >= 15 is 0 Å². The summed E-state index contributed by atoms with van der Waals surface area (Å²) in [7, 11) is 0. The van der Waals surface area contributed by atoms with Crippen LogP contribution in [-0.4, -0.2) is 0 Å². The first-order valence-corrected chi connectivity index (χ1v) is 7.10. The van der Waals surface area contributed by atoms with Gasteiger partial charge >= 0.3 is 0 Å². The Bertz CT molecular complexity index is 568. The van der Waals surface area contributed by atoms with Gasteiger partial charge in [0.2, 0.25) is 0 Å². The molecule has 0 saturated heterocycles. The molecule has 0 aliphatic rings. The van der Waals surface area contributed by atoms with E-state index < -0.39 is 0 Å². The molecule has 1 nitrogen and oxygen atoms in total. The van der Waals surface area contributed by atoms with E-state index in [0.717, 1.165) is 10.0 Å². The molecule has 0 saturated carbocycles. The van der Waals surface area contributed by atoms with Gasteiger partial charge in [0.15, 0.2) is 0 Å². The highest BCUT2D eigenvalue weighted by atomic mass is 79.9. The lowest BCUT2D eigenvalue weighted by molar-refractivity contribution is 0.566. The van der Waals surface area contributed by atoms with E-state index in [9.17, 15) is 4.39 Å². The zero-order valence-corrected chi connectivity index (χ0v) is 12.7. The summed E-state index contributed by atoms with van der Waals surface area (Å²) in [6.07, 6.45) is 0. The number of hydrogen-bond acceptors (Lipinski definition) is 1. The lowest BCUT2D eigenvalue weighted by Gasteiger charge is -2.16. The Morgan fingerprint density at radius 2 is 1.95 bits per heavy atom. The molecule has 0 aliphatic carbocycles. The van der Waals surface area contributed by atoms with Crippen molar-refractivity contribution in [3.63, 3.8) is 0 Å². The molecule has 2 rings (SSSR count). The third kappa shape index (κ3) is 3.64. The summed E-state index contributed by atoms with van der Waals surface area (Å²) in [4.78, 5) is 0. The van der Waals surface area contributed by atoms with Gasteiger partial charge in [0.05, 0.1) is 0 Å². The van der Waals surface area contributed by atoms with E-state index in [1.54, 1.807) is 13.0 Å². The monoisotopic (exact) mass is 321 g/mol. The molecule has 0 heterocycles. The van der Waals surface area contributed by atoms with Crippen LogP contribution < -0.4 is 5.32 Å². The van der Waals surface area contributed by atoms with E-state index in [-0.39, 0.29) is 11.9 Å². The summed E-state index contributed by atoms with van der Waals surface area (Å²) in [6, 6.07) is 13.7. The minimum Gasteiger partial charge on any atom is -0.306 e. The zero-order valence-electron chi connectivity index (χ0n) is 11.1. The first-order valence-electron chi connectivity index (χ1n) is 6.31. The quantitative estimate of drug-likeness (QED) is 0.857. The second-order valence-electron chi connectivity index (χ2n) is 4.71. The highest BCUT2D eigenvalue weighted by Gasteiger charge is 2.08. The van der Waals surface area contributed by atoms with Crippen molar-refractivity contribution in [2.24, 2.45) is 0 Å². The summed E-state index contributed by atoms with van der Waals surface area (Å²) in [5.41, 5.74) is 2.85. The van der Waals surface area contributed by atoms with Crippen molar-refractivity contribution in [2.45, 2.75) is 26.4 Å². The van der Waals surface area contributed by atoms with Crippen LogP contribution in [0.15, 0.2) is 46.9 Å². The Balaban J connectivity index is 2.02. The molecule has 0 unspecified atom stereocenters. The molecule has 3 heteroatoms. The van der Waals surface area contributed by atoms with Gasteiger partial charge in [-0.15, -0.1) is 0 Å². The van der Waals surface area contributed by atoms with E-state index in [0.29, 0.717) is 12.1 Å². The van der Waals surface area contributed by atoms with Crippen molar-refractivity contribution in [2.75, 3.05) is 0 Å². The Morgan fingerprint density at radius 3 is 2.63 bits per heavy atom. The summed E-state index contributed by atoms with van der Waals surface area (Å²) in [6.45, 7) is 4.53. The molecule has 0 bridgehead atoms. The molecule has 2 aromatic carbocycles. The van der Waals surface area contributed by atoms with Gasteiger partial charge in [0, 0.05) is 17.1 Å². The van der Waals surface area contributed by atoms with Crippen LogP contribution in [0.1, 0.15) is 29.7 Å². The lowest BCUT2D eigenvalue weighted by atomic mass is 10.1. The van der Waals surface area contributed by atoms with Crippen LogP contribution >= 0.6 is 15.9 Å². The van der Waals surface area contributed by atoms with Gasteiger partial charge in [0.25, 0.3) is 0 Å². The summed E-state index contributed by atoms with van der Waals surface area (Å²) in [5.74, 6) is -0.146. The summed E-state index contributed by atoms with van der Waals surface area (Å²) >= 11 is 3.54. The largest absolute Gasteiger partial charge is 0.306 e. The maximum atomic E-state index is 13.5. The Morgan fingerprint density at radius 1 is 1.21 bits per heavy atom. The molecule has 0 spiro atoms. The van der Waals surface area contributed by atoms with Crippen LogP contribution in [0.4, 0.5) is 4.39 Å². The SMILES string of the molecule is Cc1ccc(CN[C@@H](C)c2ccccc2Br)cc1F. The van der Waals surface area contributed by atoms with Crippen molar-refractivity contribution in [1.29, 1.82) is 0 Å². The van der Waals surface area contributed by atoms with Gasteiger partial charge in [-0.2, -0.15) is 0 Å². The van der Waals surface area contributed by atoms with Crippen LogP contribution in [0.3, 0.4) is 0 Å². The molecule has 19 heavy (non-hydrogen) atoms. The van der Waals surface area contributed by atoms with Crippen LogP contribution in [0.5, 0.6) is 0 Å². The molecular weight excluding hydrogens is 305 g/mol. The normalized spacial score (nSPS) is 12.4. The minimum absolute atomic E-state index is 0.146. The smallest absolute Gasteiger partial charge is 0.126 e. The molecular formula is C16H17BrFN. The average Bonchev–Trinajstić information content (AvgIpc) is 2.40. The standard InChI is InChI=1S/C16H17BrFN/c1-11-7-8-13(9-16(11)18)10-19-12(2)14-5-3-4-6-15(14)17/h3-9,12,19H,10H2,1-2H3/t12-/m0/s1. The van der Waals surface area contributed by atoms with Crippen molar-refractivity contribution in [3.8, 4) is 0 Å². The number of benzene rings is 2. The predicted molar refractivity (Wildman–Crippen MR) is 80.5 cm³/mol. The van der Waals surface area contributed by atoms with E-state index in [1.165, 1.54) is 5.56 Å². The van der Waals surface area contributed by atoms with Gasteiger partial charge in [0.1, 0.15) is 5.82 Å². The van der Waals surface area contributed by atoms with Gasteiger partial charge in [-0.05, 0) is 42.7 Å². The third-order valence-corrected chi connectivity index (χ3v) is 3.94. The van der Waals surface area contributed by atoms with E-state index in [1.807, 2.05) is 30.3 Å². The highest BCUT2D eigenvalue weighted by molar-refractivity contribution is 9.10. The number of halogens is 2. The number of aryl methyl sites for hydroxylation is 1. The molecule has 2 aromatic rings.